The molecule has 1 fully saturated rings. The average molecular weight is 290 g/mol. The van der Waals surface area contributed by atoms with Gasteiger partial charge in [0.15, 0.2) is 11.6 Å². The van der Waals surface area contributed by atoms with Crippen molar-refractivity contribution in [3.05, 3.63) is 35.8 Å². The minimum Gasteiger partial charge on any atom is -0.352 e. The Morgan fingerprint density at radius 3 is 2.62 bits per heavy atom. The summed E-state index contributed by atoms with van der Waals surface area (Å²) in [4.78, 5) is 12.3. The quantitative estimate of drug-likeness (QED) is 0.843. The third-order valence-corrected chi connectivity index (χ3v) is 3.78. The lowest BCUT2D eigenvalue weighted by atomic mass is 10.2. The molecule has 0 amide bonds. The number of hydrogen-bond acceptors (Lipinski definition) is 5. The fourth-order valence-electron chi connectivity index (χ4n) is 2.60. The van der Waals surface area contributed by atoms with Crippen LogP contribution in [0.2, 0.25) is 0 Å². The zero-order valence-electron chi connectivity index (χ0n) is 12.3. The molecule has 0 bridgehead atoms. The van der Waals surface area contributed by atoms with E-state index in [1.807, 2.05) is 29.0 Å². The number of anilines is 1. The van der Waals surface area contributed by atoms with E-state index in [4.69, 9.17) is 0 Å². The van der Waals surface area contributed by atoms with Gasteiger partial charge in [0.05, 0.1) is 11.9 Å². The van der Waals surface area contributed by atoms with Gasteiger partial charge in [-0.3, -0.25) is 9.58 Å². The highest BCUT2D eigenvalue weighted by Crippen LogP contribution is 2.19. The molecule has 2 aromatic rings. The smallest absolute Gasteiger partial charge is 0.186 e. The summed E-state index contributed by atoms with van der Waals surface area (Å²) in [5.41, 5.74) is 1.60. The zero-order chi connectivity index (χ0) is 14.8. The molecule has 1 aliphatic rings. The maximum atomic E-state index is 14.0. The lowest BCUT2D eigenvalue weighted by Crippen LogP contribution is -2.46. The van der Waals surface area contributed by atoms with Crippen molar-refractivity contribution >= 4 is 5.82 Å². The fraction of sp³-hybridized carbons (Fsp3) is 0.500. The minimum absolute atomic E-state index is 0.307. The number of aryl methyl sites for hydroxylation is 2. The van der Waals surface area contributed by atoms with Crippen LogP contribution in [-0.2, 0) is 13.6 Å². The number of aromatic nitrogens is 4. The molecule has 21 heavy (non-hydrogen) atoms. The Balaban J connectivity index is 1.61. The summed E-state index contributed by atoms with van der Waals surface area (Å²) in [6.45, 7) is 5.86. The molecule has 1 saturated heterocycles. The van der Waals surface area contributed by atoms with Gasteiger partial charge in [0, 0.05) is 51.5 Å². The first-order chi connectivity index (χ1) is 10.1. The van der Waals surface area contributed by atoms with Crippen molar-refractivity contribution in [3.63, 3.8) is 0 Å². The van der Waals surface area contributed by atoms with Gasteiger partial charge in [-0.15, -0.1) is 0 Å². The van der Waals surface area contributed by atoms with E-state index in [1.165, 1.54) is 11.9 Å². The van der Waals surface area contributed by atoms with E-state index in [2.05, 4.69) is 20.0 Å². The first-order valence-corrected chi connectivity index (χ1v) is 7.05. The third kappa shape index (κ3) is 3.02. The Kier molecular flexibility index (Phi) is 3.83. The highest BCUT2D eigenvalue weighted by atomic mass is 19.1. The van der Waals surface area contributed by atoms with Crippen LogP contribution in [0.3, 0.4) is 0 Å². The van der Waals surface area contributed by atoms with Crippen molar-refractivity contribution < 1.29 is 4.39 Å². The summed E-state index contributed by atoms with van der Waals surface area (Å²) in [5.74, 6) is 0.113. The highest BCUT2D eigenvalue weighted by Gasteiger charge is 2.21. The van der Waals surface area contributed by atoms with Gasteiger partial charge >= 0.3 is 0 Å². The lowest BCUT2D eigenvalue weighted by Gasteiger charge is -2.35. The number of halogens is 1. The third-order valence-electron chi connectivity index (χ3n) is 3.78. The van der Waals surface area contributed by atoms with Crippen molar-refractivity contribution in [2.75, 3.05) is 31.1 Å². The van der Waals surface area contributed by atoms with Gasteiger partial charge < -0.3 is 4.90 Å². The first kappa shape index (κ1) is 13.9. The molecule has 0 aromatic carbocycles. The Labute approximate surface area is 123 Å². The molecule has 0 spiro atoms. The second-order valence-corrected chi connectivity index (χ2v) is 5.38. The predicted molar refractivity (Wildman–Crippen MR) is 77.4 cm³/mol. The summed E-state index contributed by atoms with van der Waals surface area (Å²) in [7, 11) is 1.92. The number of rotatable bonds is 3. The molecule has 0 saturated carbocycles. The molecule has 3 rings (SSSR count). The highest BCUT2D eigenvalue weighted by molar-refractivity contribution is 5.41. The van der Waals surface area contributed by atoms with Gasteiger partial charge in [0.25, 0.3) is 0 Å². The molecule has 7 heteroatoms. The van der Waals surface area contributed by atoms with E-state index >= 15 is 0 Å². The lowest BCUT2D eigenvalue weighted by molar-refractivity contribution is 0.248. The largest absolute Gasteiger partial charge is 0.352 e. The topological polar surface area (TPSA) is 50.1 Å². The van der Waals surface area contributed by atoms with Crippen LogP contribution >= 0.6 is 0 Å². The molecular formula is C14H19FN6. The second kappa shape index (κ2) is 5.77. The van der Waals surface area contributed by atoms with Crippen LogP contribution in [-0.4, -0.2) is 50.8 Å². The summed E-state index contributed by atoms with van der Waals surface area (Å²) in [6.07, 6.45) is 5.34. The fourth-order valence-corrected chi connectivity index (χ4v) is 2.60. The van der Waals surface area contributed by atoms with Crippen LogP contribution in [0.1, 0.15) is 11.3 Å². The SMILES string of the molecule is Cc1ncnc(N2CCN(Cc3cnn(C)c3)CC2)c1F. The van der Waals surface area contributed by atoms with Gasteiger partial charge in [0.2, 0.25) is 0 Å². The van der Waals surface area contributed by atoms with Crippen LogP contribution < -0.4 is 4.90 Å². The molecule has 3 heterocycles. The van der Waals surface area contributed by atoms with Crippen LogP contribution in [0.4, 0.5) is 10.2 Å². The Morgan fingerprint density at radius 2 is 1.95 bits per heavy atom. The minimum atomic E-state index is -0.307. The molecular weight excluding hydrogens is 271 g/mol. The van der Waals surface area contributed by atoms with Crippen molar-refractivity contribution in [3.8, 4) is 0 Å². The van der Waals surface area contributed by atoms with Crippen molar-refractivity contribution in [2.45, 2.75) is 13.5 Å². The van der Waals surface area contributed by atoms with Gasteiger partial charge in [-0.05, 0) is 6.92 Å². The first-order valence-electron chi connectivity index (χ1n) is 7.05. The average Bonchev–Trinajstić information content (AvgIpc) is 2.88. The zero-order valence-corrected chi connectivity index (χ0v) is 12.3. The number of nitrogens with zero attached hydrogens (tertiary/aromatic N) is 6. The van der Waals surface area contributed by atoms with Crippen molar-refractivity contribution in [2.24, 2.45) is 7.05 Å². The van der Waals surface area contributed by atoms with E-state index in [0.717, 1.165) is 32.7 Å². The van der Waals surface area contributed by atoms with Crippen LogP contribution in [0.5, 0.6) is 0 Å². The molecule has 0 radical (unpaired) electrons. The summed E-state index contributed by atoms with van der Waals surface area (Å²) >= 11 is 0. The summed E-state index contributed by atoms with van der Waals surface area (Å²) in [5, 5.41) is 4.18. The van der Waals surface area contributed by atoms with E-state index in [0.29, 0.717) is 11.5 Å². The molecule has 1 aliphatic heterocycles. The molecule has 0 N–H and O–H groups in total. The standard InChI is InChI=1S/C14H19FN6/c1-11-13(15)14(17-10-16-11)21-5-3-20(4-6-21)9-12-7-18-19(2)8-12/h7-8,10H,3-6,9H2,1-2H3. The number of hydrogen-bond donors (Lipinski definition) is 0. The van der Waals surface area contributed by atoms with Crippen molar-refractivity contribution in [1.29, 1.82) is 0 Å². The molecule has 0 atom stereocenters. The van der Waals surface area contributed by atoms with E-state index in [-0.39, 0.29) is 5.82 Å². The maximum Gasteiger partial charge on any atom is 0.186 e. The summed E-state index contributed by atoms with van der Waals surface area (Å²) < 4.78 is 15.9. The Bertz CT molecular complexity index is 618. The van der Waals surface area contributed by atoms with Gasteiger partial charge in [0.1, 0.15) is 6.33 Å². The van der Waals surface area contributed by atoms with Gasteiger partial charge in [-0.1, -0.05) is 0 Å². The van der Waals surface area contributed by atoms with Crippen LogP contribution in [0.15, 0.2) is 18.7 Å². The Morgan fingerprint density at radius 1 is 1.19 bits per heavy atom. The Hall–Kier alpha value is -2.02. The predicted octanol–water partition coefficient (Wildman–Crippen LogP) is 0.980. The molecule has 0 aliphatic carbocycles. The summed E-state index contributed by atoms with van der Waals surface area (Å²) in [6, 6.07) is 0. The second-order valence-electron chi connectivity index (χ2n) is 5.38. The maximum absolute atomic E-state index is 14.0. The van der Waals surface area contributed by atoms with Crippen LogP contribution in [0.25, 0.3) is 0 Å². The molecule has 0 unspecified atom stereocenters. The van der Waals surface area contributed by atoms with Crippen LogP contribution in [0, 0.1) is 12.7 Å². The van der Waals surface area contributed by atoms with Gasteiger partial charge in [-0.2, -0.15) is 5.10 Å². The normalized spacial score (nSPS) is 16.4. The number of piperazine rings is 1. The van der Waals surface area contributed by atoms with Crippen molar-refractivity contribution in [1.82, 2.24) is 24.6 Å². The van der Waals surface area contributed by atoms with E-state index < -0.39 is 0 Å². The van der Waals surface area contributed by atoms with Gasteiger partial charge in [-0.25, -0.2) is 14.4 Å². The molecule has 2 aromatic heterocycles. The van der Waals surface area contributed by atoms with E-state index in [1.54, 1.807) is 6.92 Å². The molecule has 112 valence electrons. The molecule has 6 nitrogen and oxygen atoms in total. The monoisotopic (exact) mass is 290 g/mol. The van der Waals surface area contributed by atoms with E-state index in [9.17, 15) is 4.39 Å².